The minimum atomic E-state index is 0. The summed E-state index contributed by atoms with van der Waals surface area (Å²) in [6, 6.07) is 6.07. The summed E-state index contributed by atoms with van der Waals surface area (Å²) >= 11 is 6.06. The number of benzene rings is 1. The summed E-state index contributed by atoms with van der Waals surface area (Å²) < 4.78 is 0. The molecule has 3 nitrogen and oxygen atoms in total. The molecule has 0 saturated heterocycles. The summed E-state index contributed by atoms with van der Waals surface area (Å²) in [5, 5.41) is 0.793. The topological polar surface area (TPSA) is 18.8 Å². The number of anilines is 2. The van der Waals surface area contributed by atoms with Gasteiger partial charge in [-0.1, -0.05) is 11.6 Å². The van der Waals surface area contributed by atoms with E-state index in [1.54, 1.807) is 0 Å². The van der Waals surface area contributed by atoms with E-state index in [1.807, 2.05) is 12.1 Å². The molecule has 0 unspecified atom stereocenters. The van der Waals surface area contributed by atoms with Crippen molar-refractivity contribution < 1.29 is 0 Å². The number of halogens is 2. The first-order chi connectivity index (χ1) is 7.81. The maximum absolute atomic E-state index is 6.06. The molecule has 1 aromatic carbocycles. The molecule has 2 heterocycles. The van der Waals surface area contributed by atoms with Crippen LogP contribution in [-0.2, 0) is 0 Å². The van der Waals surface area contributed by atoms with E-state index in [-0.39, 0.29) is 17.0 Å². The number of aliphatic imine (C=N–C) groups is 1. The van der Waals surface area contributed by atoms with Crippen molar-refractivity contribution in [2.75, 3.05) is 29.4 Å². The Labute approximate surface area is 117 Å². The summed E-state index contributed by atoms with van der Waals surface area (Å²) in [5.74, 6) is 1.09. The first-order valence-electron chi connectivity index (χ1n) is 5.70. The van der Waals surface area contributed by atoms with Crippen molar-refractivity contribution >= 4 is 45.9 Å². The summed E-state index contributed by atoms with van der Waals surface area (Å²) in [6.07, 6.45) is 1.12. The highest BCUT2D eigenvalue weighted by molar-refractivity contribution is 8.93. The van der Waals surface area contributed by atoms with Gasteiger partial charge in [-0.2, -0.15) is 0 Å². The Hall–Kier alpha value is -0.740. The molecule has 5 heteroatoms. The van der Waals surface area contributed by atoms with Gasteiger partial charge in [0.2, 0.25) is 5.96 Å². The molecule has 0 atom stereocenters. The lowest BCUT2D eigenvalue weighted by atomic mass is 10.2. The molecule has 1 aromatic rings. The lowest BCUT2D eigenvalue weighted by Crippen LogP contribution is -2.41. The van der Waals surface area contributed by atoms with E-state index in [9.17, 15) is 0 Å². The van der Waals surface area contributed by atoms with Crippen LogP contribution < -0.4 is 9.80 Å². The minimum absolute atomic E-state index is 0. The zero-order chi connectivity index (χ0) is 11.1. The van der Waals surface area contributed by atoms with Gasteiger partial charge >= 0.3 is 0 Å². The highest BCUT2D eigenvalue weighted by Crippen LogP contribution is 2.39. The number of guanidine groups is 1. The molecule has 17 heavy (non-hydrogen) atoms. The van der Waals surface area contributed by atoms with Gasteiger partial charge in [-0.05, 0) is 31.5 Å². The second kappa shape index (κ2) is 4.86. The molecule has 0 fully saturated rings. The van der Waals surface area contributed by atoms with E-state index in [2.05, 4.69) is 27.8 Å². The lowest BCUT2D eigenvalue weighted by molar-refractivity contribution is 0.787. The molecule has 0 aromatic heterocycles. The Morgan fingerprint density at radius 2 is 2.18 bits per heavy atom. The zero-order valence-electron chi connectivity index (χ0n) is 9.69. The van der Waals surface area contributed by atoms with Crippen LogP contribution in [-0.4, -0.2) is 25.6 Å². The van der Waals surface area contributed by atoms with E-state index in [0.717, 1.165) is 37.0 Å². The molecule has 2 aliphatic rings. The van der Waals surface area contributed by atoms with Gasteiger partial charge in [0.15, 0.2) is 0 Å². The monoisotopic (exact) mass is 315 g/mol. The Morgan fingerprint density at radius 1 is 1.35 bits per heavy atom. The Kier molecular flexibility index (Phi) is 3.64. The van der Waals surface area contributed by atoms with Crippen molar-refractivity contribution in [3.8, 4) is 0 Å². The van der Waals surface area contributed by atoms with E-state index >= 15 is 0 Å². The van der Waals surface area contributed by atoms with Crippen LogP contribution in [0.5, 0.6) is 0 Å². The fourth-order valence-corrected chi connectivity index (χ4v) is 2.58. The Bertz CT molecular complexity index is 461. The molecule has 0 spiro atoms. The minimum Gasteiger partial charge on any atom is -0.310 e. The zero-order valence-corrected chi connectivity index (χ0v) is 12.2. The normalized spacial score (nSPS) is 17.2. The van der Waals surface area contributed by atoms with Crippen LogP contribution in [0.1, 0.15) is 13.3 Å². The van der Waals surface area contributed by atoms with Gasteiger partial charge in [-0.15, -0.1) is 17.0 Å². The van der Waals surface area contributed by atoms with Crippen molar-refractivity contribution in [1.82, 2.24) is 0 Å². The van der Waals surface area contributed by atoms with Gasteiger partial charge in [0.25, 0.3) is 0 Å². The molecule has 0 aliphatic carbocycles. The molecular formula is C12H15BrClN3. The van der Waals surface area contributed by atoms with Crippen LogP contribution in [0.3, 0.4) is 0 Å². The van der Waals surface area contributed by atoms with Gasteiger partial charge in [-0.3, -0.25) is 4.99 Å². The van der Waals surface area contributed by atoms with Gasteiger partial charge in [0.05, 0.1) is 11.4 Å². The summed E-state index contributed by atoms with van der Waals surface area (Å²) in [4.78, 5) is 9.14. The second-order valence-corrected chi connectivity index (χ2v) is 4.50. The van der Waals surface area contributed by atoms with E-state index in [1.165, 1.54) is 11.4 Å². The average molecular weight is 317 g/mol. The standard InChI is InChI=1S/C12H14ClN3.BrH/c1-2-15-10-5-4-9(13)8-11(10)16-7-3-6-14-12(15)16;/h4-5,8H,2-3,6-7H2,1H3;1H. The first-order valence-corrected chi connectivity index (χ1v) is 6.08. The maximum atomic E-state index is 6.06. The van der Waals surface area contributed by atoms with Crippen LogP contribution in [0, 0.1) is 0 Å². The van der Waals surface area contributed by atoms with Gasteiger partial charge in [0, 0.05) is 24.7 Å². The van der Waals surface area contributed by atoms with Gasteiger partial charge < -0.3 is 9.80 Å². The molecule has 0 saturated carbocycles. The number of rotatable bonds is 1. The Balaban J connectivity index is 0.00000108. The quantitative estimate of drug-likeness (QED) is 0.791. The largest absolute Gasteiger partial charge is 0.310 e. The summed E-state index contributed by atoms with van der Waals surface area (Å²) in [5.41, 5.74) is 2.43. The van der Waals surface area contributed by atoms with Crippen LogP contribution in [0.4, 0.5) is 11.4 Å². The fraction of sp³-hybridized carbons (Fsp3) is 0.417. The van der Waals surface area contributed by atoms with E-state index in [4.69, 9.17) is 11.6 Å². The van der Waals surface area contributed by atoms with Gasteiger partial charge in [0.1, 0.15) is 0 Å². The Morgan fingerprint density at radius 3 is 2.94 bits per heavy atom. The van der Waals surface area contributed by atoms with E-state index < -0.39 is 0 Å². The lowest BCUT2D eigenvalue weighted by Gasteiger charge is -2.25. The fourth-order valence-electron chi connectivity index (χ4n) is 2.41. The molecule has 0 radical (unpaired) electrons. The third-order valence-corrected chi connectivity index (χ3v) is 3.35. The number of hydrogen-bond donors (Lipinski definition) is 0. The van der Waals surface area contributed by atoms with Crippen LogP contribution in [0.2, 0.25) is 5.02 Å². The SMILES string of the molecule is Br.CCN1C2=NCCCN2c2cc(Cl)ccc21. The molecule has 0 N–H and O–H groups in total. The van der Waals surface area contributed by atoms with Crippen molar-refractivity contribution in [3.63, 3.8) is 0 Å². The van der Waals surface area contributed by atoms with Crippen molar-refractivity contribution in [2.24, 2.45) is 4.99 Å². The van der Waals surface area contributed by atoms with Crippen molar-refractivity contribution in [2.45, 2.75) is 13.3 Å². The number of fused-ring (bicyclic) bond motifs is 3. The van der Waals surface area contributed by atoms with Gasteiger partial charge in [-0.25, -0.2) is 0 Å². The van der Waals surface area contributed by atoms with Crippen molar-refractivity contribution in [3.05, 3.63) is 23.2 Å². The van der Waals surface area contributed by atoms with E-state index in [0.29, 0.717) is 0 Å². The first kappa shape index (κ1) is 12.7. The number of hydrogen-bond acceptors (Lipinski definition) is 3. The predicted molar refractivity (Wildman–Crippen MR) is 79.1 cm³/mol. The van der Waals surface area contributed by atoms with Crippen LogP contribution in [0.25, 0.3) is 0 Å². The molecule has 92 valence electrons. The molecule has 0 bridgehead atoms. The third-order valence-electron chi connectivity index (χ3n) is 3.11. The third kappa shape index (κ3) is 1.93. The molecule has 0 amide bonds. The number of nitrogens with zero attached hydrogens (tertiary/aromatic N) is 3. The second-order valence-electron chi connectivity index (χ2n) is 4.06. The maximum Gasteiger partial charge on any atom is 0.205 e. The predicted octanol–water partition coefficient (Wildman–Crippen LogP) is 3.32. The summed E-state index contributed by atoms with van der Waals surface area (Å²) in [7, 11) is 0. The average Bonchev–Trinajstić information content (AvgIpc) is 2.62. The summed E-state index contributed by atoms with van der Waals surface area (Å²) in [6.45, 7) is 5.08. The van der Waals surface area contributed by atoms with Crippen LogP contribution in [0.15, 0.2) is 23.2 Å². The molecule has 2 aliphatic heterocycles. The highest BCUT2D eigenvalue weighted by Gasteiger charge is 2.32. The van der Waals surface area contributed by atoms with Crippen LogP contribution >= 0.6 is 28.6 Å². The smallest absolute Gasteiger partial charge is 0.205 e. The molecular weight excluding hydrogens is 302 g/mol. The highest BCUT2D eigenvalue weighted by atomic mass is 79.9. The molecule has 3 rings (SSSR count). The van der Waals surface area contributed by atoms with Crippen molar-refractivity contribution in [1.29, 1.82) is 0 Å².